The average molecular weight is 327 g/mol. The van der Waals surface area contributed by atoms with E-state index in [1.54, 1.807) is 17.6 Å². The minimum atomic E-state index is -3.07. The lowest BCUT2D eigenvalue weighted by molar-refractivity contribution is 0.181. The van der Waals surface area contributed by atoms with Gasteiger partial charge in [-0.15, -0.1) is 11.3 Å². The fourth-order valence-electron chi connectivity index (χ4n) is 2.34. The highest BCUT2D eigenvalue weighted by atomic mass is 32.2. The van der Waals surface area contributed by atoms with Crippen molar-refractivity contribution in [3.8, 4) is 10.8 Å². The molecule has 0 atom stereocenters. The largest absolute Gasteiger partial charge is 0.462 e. The predicted molar refractivity (Wildman–Crippen MR) is 81.5 cm³/mol. The predicted octanol–water partition coefficient (Wildman–Crippen LogP) is 1.48. The van der Waals surface area contributed by atoms with Gasteiger partial charge in [-0.25, -0.2) is 13.4 Å². The molecule has 0 N–H and O–H groups in total. The first kappa shape index (κ1) is 14.7. The monoisotopic (exact) mass is 327 g/mol. The van der Waals surface area contributed by atoms with Crippen molar-refractivity contribution in [3.63, 3.8) is 0 Å². The van der Waals surface area contributed by atoms with E-state index in [2.05, 4.69) is 9.88 Å². The third-order valence-electron chi connectivity index (χ3n) is 3.47. The maximum atomic E-state index is 11.5. The minimum Gasteiger partial charge on any atom is -0.462 e. The number of piperazine rings is 1. The molecule has 0 bridgehead atoms. The van der Waals surface area contributed by atoms with Crippen LogP contribution in [0.1, 0.15) is 5.69 Å². The molecule has 0 spiro atoms. The van der Waals surface area contributed by atoms with Crippen molar-refractivity contribution in [1.82, 2.24) is 14.2 Å². The molecule has 0 aliphatic carbocycles. The average Bonchev–Trinajstić information content (AvgIpc) is 3.08. The number of hydrogen-bond donors (Lipinski definition) is 0. The van der Waals surface area contributed by atoms with Crippen molar-refractivity contribution >= 4 is 21.4 Å². The summed E-state index contributed by atoms with van der Waals surface area (Å²) in [4.78, 5) is 6.79. The Labute approximate surface area is 128 Å². The highest BCUT2D eigenvalue weighted by Gasteiger charge is 2.23. The molecule has 114 valence electrons. The van der Waals surface area contributed by atoms with Gasteiger partial charge in [0.15, 0.2) is 10.8 Å². The Hall–Kier alpha value is -1.22. The normalized spacial score (nSPS) is 18.1. The van der Waals surface area contributed by atoms with Gasteiger partial charge in [0.05, 0.1) is 18.2 Å². The highest BCUT2D eigenvalue weighted by Crippen LogP contribution is 2.24. The highest BCUT2D eigenvalue weighted by molar-refractivity contribution is 7.88. The van der Waals surface area contributed by atoms with E-state index < -0.39 is 10.0 Å². The zero-order valence-corrected chi connectivity index (χ0v) is 13.4. The summed E-state index contributed by atoms with van der Waals surface area (Å²) in [6.45, 7) is 3.32. The Morgan fingerprint density at radius 3 is 2.71 bits per heavy atom. The third-order valence-corrected chi connectivity index (χ3v) is 5.68. The first-order chi connectivity index (χ1) is 10.0. The summed E-state index contributed by atoms with van der Waals surface area (Å²) in [6, 6.07) is 3.74. The Morgan fingerprint density at radius 2 is 2.10 bits per heavy atom. The van der Waals surface area contributed by atoms with E-state index in [1.807, 2.05) is 17.5 Å². The Kier molecular flexibility index (Phi) is 4.12. The summed E-state index contributed by atoms with van der Waals surface area (Å²) < 4.78 is 29.8. The lowest BCUT2D eigenvalue weighted by Crippen LogP contribution is -2.47. The van der Waals surface area contributed by atoms with Crippen molar-refractivity contribution in [3.05, 3.63) is 29.5 Å². The molecule has 0 radical (unpaired) electrons. The van der Waals surface area contributed by atoms with Crippen LogP contribution in [-0.4, -0.2) is 55.0 Å². The standard InChI is InChI=1S/C13H17N3O3S2/c1-21(17,18)16-6-4-15(5-7-16)9-11-10-20-13(14-11)12-3-2-8-19-12/h2-3,8,10H,4-7,9H2,1H3. The van der Waals surface area contributed by atoms with E-state index in [-0.39, 0.29) is 0 Å². The minimum absolute atomic E-state index is 0.550. The SMILES string of the molecule is CS(=O)(=O)N1CCN(Cc2csc(-c3ccco3)n2)CC1. The van der Waals surface area contributed by atoms with Crippen LogP contribution in [0.2, 0.25) is 0 Å². The second kappa shape index (κ2) is 5.88. The molecule has 2 aromatic heterocycles. The van der Waals surface area contributed by atoms with Crippen molar-refractivity contribution in [2.75, 3.05) is 32.4 Å². The quantitative estimate of drug-likeness (QED) is 0.851. The van der Waals surface area contributed by atoms with Crippen molar-refractivity contribution in [1.29, 1.82) is 0 Å². The second-order valence-electron chi connectivity index (χ2n) is 5.06. The molecule has 1 aliphatic heterocycles. The number of furan rings is 1. The molecule has 21 heavy (non-hydrogen) atoms. The molecule has 0 saturated carbocycles. The molecule has 6 nitrogen and oxygen atoms in total. The second-order valence-corrected chi connectivity index (χ2v) is 7.90. The molecule has 3 heterocycles. The smallest absolute Gasteiger partial charge is 0.211 e. The topological polar surface area (TPSA) is 66.7 Å². The zero-order chi connectivity index (χ0) is 14.9. The summed E-state index contributed by atoms with van der Waals surface area (Å²) in [5.41, 5.74) is 0.999. The van der Waals surface area contributed by atoms with Gasteiger partial charge in [0.2, 0.25) is 10.0 Å². The molecule has 1 fully saturated rings. The van der Waals surface area contributed by atoms with Crippen LogP contribution in [0.3, 0.4) is 0 Å². The van der Waals surface area contributed by atoms with E-state index in [9.17, 15) is 8.42 Å². The van der Waals surface area contributed by atoms with E-state index >= 15 is 0 Å². The summed E-state index contributed by atoms with van der Waals surface area (Å²) in [5, 5.41) is 2.91. The number of sulfonamides is 1. The van der Waals surface area contributed by atoms with Crippen molar-refractivity contribution in [2.45, 2.75) is 6.54 Å². The first-order valence-electron chi connectivity index (χ1n) is 6.68. The maximum Gasteiger partial charge on any atom is 0.211 e. The Bertz CT molecular complexity index is 686. The molecule has 2 aromatic rings. The fourth-order valence-corrected chi connectivity index (χ4v) is 3.95. The van der Waals surface area contributed by atoms with E-state index in [0.717, 1.165) is 36.1 Å². The van der Waals surface area contributed by atoms with Crippen LogP contribution in [0.25, 0.3) is 10.8 Å². The first-order valence-corrected chi connectivity index (χ1v) is 9.41. The van der Waals surface area contributed by atoms with Crippen LogP contribution < -0.4 is 0 Å². The van der Waals surface area contributed by atoms with Gasteiger partial charge in [-0.05, 0) is 12.1 Å². The molecule has 1 aliphatic rings. The molecular formula is C13H17N3O3S2. The molecule has 1 saturated heterocycles. The Balaban J connectivity index is 1.59. The van der Waals surface area contributed by atoms with Crippen LogP contribution in [-0.2, 0) is 16.6 Å². The molecular weight excluding hydrogens is 310 g/mol. The van der Waals surface area contributed by atoms with E-state index in [1.165, 1.54) is 10.6 Å². The lowest BCUT2D eigenvalue weighted by atomic mass is 10.3. The zero-order valence-electron chi connectivity index (χ0n) is 11.7. The molecule has 0 unspecified atom stereocenters. The van der Waals surface area contributed by atoms with Crippen LogP contribution in [0.5, 0.6) is 0 Å². The van der Waals surface area contributed by atoms with Crippen LogP contribution in [0.15, 0.2) is 28.2 Å². The van der Waals surface area contributed by atoms with Gasteiger partial charge >= 0.3 is 0 Å². The number of rotatable bonds is 4. The Morgan fingerprint density at radius 1 is 1.33 bits per heavy atom. The molecule has 0 amide bonds. The van der Waals surface area contributed by atoms with Gasteiger partial charge in [0.25, 0.3) is 0 Å². The van der Waals surface area contributed by atoms with Crippen LogP contribution in [0, 0.1) is 0 Å². The number of hydrogen-bond acceptors (Lipinski definition) is 6. The third kappa shape index (κ3) is 3.52. The van der Waals surface area contributed by atoms with Gasteiger partial charge in [-0.1, -0.05) is 0 Å². The van der Waals surface area contributed by atoms with Gasteiger partial charge in [0, 0.05) is 38.1 Å². The number of nitrogens with zero attached hydrogens (tertiary/aromatic N) is 3. The van der Waals surface area contributed by atoms with Gasteiger partial charge in [-0.2, -0.15) is 4.31 Å². The van der Waals surface area contributed by atoms with Crippen LogP contribution in [0.4, 0.5) is 0 Å². The molecule has 0 aromatic carbocycles. The lowest BCUT2D eigenvalue weighted by Gasteiger charge is -2.32. The van der Waals surface area contributed by atoms with Gasteiger partial charge in [-0.3, -0.25) is 4.90 Å². The van der Waals surface area contributed by atoms with E-state index in [4.69, 9.17) is 4.42 Å². The van der Waals surface area contributed by atoms with Crippen molar-refractivity contribution < 1.29 is 12.8 Å². The molecule has 3 rings (SSSR count). The summed E-state index contributed by atoms with van der Waals surface area (Å²) >= 11 is 1.56. The van der Waals surface area contributed by atoms with Crippen LogP contribution >= 0.6 is 11.3 Å². The molecule has 8 heteroatoms. The summed E-state index contributed by atoms with van der Waals surface area (Å²) in [7, 11) is -3.07. The van der Waals surface area contributed by atoms with Crippen molar-refractivity contribution in [2.24, 2.45) is 0 Å². The fraction of sp³-hybridized carbons (Fsp3) is 0.462. The number of thiazole rings is 1. The maximum absolute atomic E-state index is 11.5. The summed E-state index contributed by atoms with van der Waals surface area (Å²) in [5.74, 6) is 0.785. The number of aromatic nitrogens is 1. The van der Waals surface area contributed by atoms with E-state index in [0.29, 0.717) is 13.1 Å². The van der Waals surface area contributed by atoms with Gasteiger partial charge in [0.1, 0.15) is 0 Å². The van der Waals surface area contributed by atoms with Gasteiger partial charge < -0.3 is 4.42 Å². The summed E-state index contributed by atoms with van der Waals surface area (Å²) in [6.07, 6.45) is 2.90.